The highest BCUT2D eigenvalue weighted by atomic mass is 19.3. The van der Waals surface area contributed by atoms with E-state index in [-0.39, 0.29) is 41.7 Å². The van der Waals surface area contributed by atoms with E-state index in [0.29, 0.717) is 29.7 Å². The van der Waals surface area contributed by atoms with Crippen LogP contribution in [0.15, 0.2) is 23.1 Å². The van der Waals surface area contributed by atoms with E-state index >= 15 is 0 Å². The molecule has 7 heteroatoms. The summed E-state index contributed by atoms with van der Waals surface area (Å²) in [5.74, 6) is -1.68. The second-order valence-corrected chi connectivity index (χ2v) is 9.13. The van der Waals surface area contributed by atoms with Crippen LogP contribution in [0.3, 0.4) is 0 Å². The van der Waals surface area contributed by atoms with Gasteiger partial charge in [-0.05, 0) is 49.5 Å². The van der Waals surface area contributed by atoms with Crippen molar-refractivity contribution < 1.29 is 13.6 Å². The van der Waals surface area contributed by atoms with Crippen molar-refractivity contribution in [1.82, 2.24) is 15.3 Å². The summed E-state index contributed by atoms with van der Waals surface area (Å²) in [6.07, 6.45) is 5.54. The number of nitrogens with one attached hydrogen (secondary N) is 2. The van der Waals surface area contributed by atoms with Crippen LogP contribution in [0.2, 0.25) is 0 Å². The Morgan fingerprint density at radius 3 is 2.67 bits per heavy atom. The minimum absolute atomic E-state index is 0.0370. The molecule has 4 rings (SSSR count). The molecule has 0 bridgehead atoms. The Labute approximate surface area is 174 Å². The molecule has 0 aromatic carbocycles. The van der Waals surface area contributed by atoms with Crippen molar-refractivity contribution in [2.75, 3.05) is 7.05 Å². The molecule has 2 aliphatic rings. The van der Waals surface area contributed by atoms with Gasteiger partial charge in [0.15, 0.2) is 5.43 Å². The Hall–Kier alpha value is -2.31. The smallest absolute Gasteiger partial charge is 0.270 e. The summed E-state index contributed by atoms with van der Waals surface area (Å²) in [5.41, 5.74) is 1.35. The molecule has 0 radical (unpaired) electrons. The quantitative estimate of drug-likeness (QED) is 0.765. The first kappa shape index (κ1) is 20.9. The number of alkyl halides is 2. The molecular formula is C23H29F2N3O2. The van der Waals surface area contributed by atoms with Gasteiger partial charge in [-0.3, -0.25) is 14.6 Å². The van der Waals surface area contributed by atoms with Gasteiger partial charge in [0, 0.05) is 43.8 Å². The lowest BCUT2D eigenvalue weighted by molar-refractivity contribution is -0.0570. The molecule has 2 heterocycles. The second-order valence-electron chi connectivity index (χ2n) is 9.13. The molecule has 2 aliphatic carbocycles. The largest absolute Gasteiger partial charge is 0.358 e. The Morgan fingerprint density at radius 1 is 1.23 bits per heavy atom. The average Bonchev–Trinajstić information content (AvgIpc) is 2.72. The maximum absolute atomic E-state index is 13.7. The molecule has 2 saturated carbocycles. The van der Waals surface area contributed by atoms with E-state index in [0.717, 1.165) is 25.0 Å². The van der Waals surface area contributed by atoms with E-state index in [1.54, 1.807) is 12.1 Å². The third kappa shape index (κ3) is 3.98. The number of carbonyl (C=O) groups excluding carboxylic acids is 1. The van der Waals surface area contributed by atoms with Crippen LogP contribution in [0.1, 0.15) is 74.0 Å². The predicted molar refractivity (Wildman–Crippen MR) is 112 cm³/mol. The van der Waals surface area contributed by atoms with Crippen molar-refractivity contribution in [3.8, 4) is 0 Å². The van der Waals surface area contributed by atoms with Crippen molar-refractivity contribution in [2.24, 2.45) is 17.8 Å². The molecule has 0 aliphatic heterocycles. The molecular weight excluding hydrogens is 388 g/mol. The fraction of sp³-hybridized carbons (Fsp3) is 0.609. The van der Waals surface area contributed by atoms with Crippen LogP contribution in [0, 0.1) is 17.8 Å². The first-order valence-corrected chi connectivity index (χ1v) is 10.9. The lowest BCUT2D eigenvalue weighted by atomic mass is 9.64. The normalized spacial score (nSPS) is 27.1. The van der Waals surface area contributed by atoms with E-state index in [1.807, 2.05) is 0 Å². The molecule has 5 nitrogen and oxygen atoms in total. The zero-order chi connectivity index (χ0) is 21.5. The lowest BCUT2D eigenvalue weighted by Crippen LogP contribution is -2.34. The van der Waals surface area contributed by atoms with Crippen LogP contribution in [0.25, 0.3) is 10.9 Å². The van der Waals surface area contributed by atoms with Gasteiger partial charge in [0.25, 0.3) is 5.91 Å². The first-order chi connectivity index (χ1) is 14.3. The third-order valence-corrected chi connectivity index (χ3v) is 7.13. The molecule has 2 N–H and O–H groups in total. The minimum atomic E-state index is -2.53. The standard InChI is InChI=1S/C23H29F2N3O2/c1-13-3-4-15(16(11-13)14-5-8-23(24,25)9-6-14)18-12-19(29)20-17(28-18)7-10-27-21(20)22(30)26-2/h7,10,12-16H,3-6,8-9,11H2,1-2H3,(H,26,30)(H,28,29)/t13-,15+,16-/m0/s1. The van der Waals surface area contributed by atoms with Crippen LogP contribution in [0.4, 0.5) is 8.78 Å². The molecule has 0 unspecified atom stereocenters. The number of fused-ring (bicyclic) bond motifs is 1. The van der Waals surface area contributed by atoms with Gasteiger partial charge in [-0.1, -0.05) is 13.3 Å². The van der Waals surface area contributed by atoms with E-state index in [1.165, 1.54) is 13.2 Å². The van der Waals surface area contributed by atoms with E-state index in [2.05, 4.69) is 22.2 Å². The third-order valence-electron chi connectivity index (χ3n) is 7.13. The molecule has 162 valence electrons. The Morgan fingerprint density at radius 2 is 1.97 bits per heavy atom. The van der Waals surface area contributed by atoms with Crippen molar-refractivity contribution >= 4 is 16.8 Å². The summed E-state index contributed by atoms with van der Waals surface area (Å²) >= 11 is 0. The number of rotatable bonds is 3. The van der Waals surface area contributed by atoms with Gasteiger partial charge in [-0.25, -0.2) is 8.78 Å². The van der Waals surface area contributed by atoms with Crippen molar-refractivity contribution in [2.45, 2.75) is 63.7 Å². The van der Waals surface area contributed by atoms with Gasteiger partial charge in [-0.2, -0.15) is 0 Å². The van der Waals surface area contributed by atoms with Crippen LogP contribution in [-0.4, -0.2) is 28.8 Å². The van der Waals surface area contributed by atoms with Gasteiger partial charge >= 0.3 is 0 Å². The van der Waals surface area contributed by atoms with Gasteiger partial charge < -0.3 is 10.3 Å². The van der Waals surface area contributed by atoms with Gasteiger partial charge in [0.1, 0.15) is 5.69 Å². The predicted octanol–water partition coefficient (Wildman–Crippen LogP) is 4.63. The summed E-state index contributed by atoms with van der Waals surface area (Å²) in [5, 5.41) is 2.82. The molecule has 1 amide bonds. The Bertz CT molecular complexity index is 994. The number of halogens is 2. The molecule has 0 spiro atoms. The van der Waals surface area contributed by atoms with Gasteiger partial charge in [0.05, 0.1) is 10.9 Å². The summed E-state index contributed by atoms with van der Waals surface area (Å²) in [6, 6.07) is 3.32. The number of amides is 1. The number of hydrogen-bond donors (Lipinski definition) is 2. The molecule has 30 heavy (non-hydrogen) atoms. The highest BCUT2D eigenvalue weighted by Crippen LogP contribution is 2.49. The molecule has 0 saturated heterocycles. The van der Waals surface area contributed by atoms with Gasteiger partial charge in [-0.15, -0.1) is 0 Å². The fourth-order valence-electron chi connectivity index (χ4n) is 5.53. The van der Waals surface area contributed by atoms with E-state index < -0.39 is 11.8 Å². The SMILES string of the molecule is CNC(=O)c1nccc2[nH]c([C@@H]3CC[C@H](C)C[C@H]3C3CCC(F)(F)CC3)cc(=O)c12. The number of nitrogens with zero attached hydrogens (tertiary/aromatic N) is 1. The van der Waals surface area contributed by atoms with Crippen LogP contribution in [-0.2, 0) is 0 Å². The van der Waals surface area contributed by atoms with Crippen molar-refractivity contribution in [3.63, 3.8) is 0 Å². The Kier molecular flexibility index (Phi) is 5.64. The summed E-state index contributed by atoms with van der Waals surface area (Å²) in [6.45, 7) is 2.23. The van der Waals surface area contributed by atoms with Crippen LogP contribution in [0.5, 0.6) is 0 Å². The summed E-state index contributed by atoms with van der Waals surface area (Å²) in [7, 11) is 1.51. The summed E-state index contributed by atoms with van der Waals surface area (Å²) < 4.78 is 27.4. The number of H-pyrrole nitrogens is 1. The average molecular weight is 418 g/mol. The molecule has 2 aromatic rings. The van der Waals surface area contributed by atoms with Crippen molar-refractivity contribution in [3.05, 3.63) is 39.9 Å². The highest BCUT2D eigenvalue weighted by Gasteiger charge is 2.42. The van der Waals surface area contributed by atoms with Gasteiger partial charge in [0.2, 0.25) is 5.92 Å². The number of pyridine rings is 2. The topological polar surface area (TPSA) is 74.8 Å². The maximum Gasteiger partial charge on any atom is 0.270 e. The van der Waals surface area contributed by atoms with E-state index in [9.17, 15) is 18.4 Å². The monoisotopic (exact) mass is 417 g/mol. The number of carbonyl (C=O) groups is 1. The van der Waals surface area contributed by atoms with Crippen molar-refractivity contribution in [1.29, 1.82) is 0 Å². The Balaban J connectivity index is 1.70. The fourth-order valence-corrected chi connectivity index (χ4v) is 5.53. The number of aromatic amines is 1. The second kappa shape index (κ2) is 8.08. The first-order valence-electron chi connectivity index (χ1n) is 10.9. The van der Waals surface area contributed by atoms with Crippen LogP contribution < -0.4 is 10.7 Å². The number of hydrogen-bond acceptors (Lipinski definition) is 3. The van der Waals surface area contributed by atoms with E-state index in [4.69, 9.17) is 0 Å². The molecule has 2 aromatic heterocycles. The minimum Gasteiger partial charge on any atom is -0.358 e. The zero-order valence-electron chi connectivity index (χ0n) is 17.5. The highest BCUT2D eigenvalue weighted by molar-refractivity contribution is 6.04. The zero-order valence-corrected chi connectivity index (χ0v) is 17.5. The molecule has 2 fully saturated rings. The maximum atomic E-state index is 13.7. The van der Waals surface area contributed by atoms with Crippen LogP contribution >= 0.6 is 0 Å². The molecule has 3 atom stereocenters. The summed E-state index contributed by atoms with van der Waals surface area (Å²) in [4.78, 5) is 32.6. The number of aromatic nitrogens is 2. The lowest BCUT2D eigenvalue weighted by Gasteiger charge is -2.42.